The number of hydrogen-bond acceptors (Lipinski definition) is 7. The predicted octanol–water partition coefficient (Wildman–Crippen LogP) is 0.722. The van der Waals surface area contributed by atoms with Crippen LogP contribution in [0.1, 0.15) is 20.7 Å². The number of benzene rings is 1. The van der Waals surface area contributed by atoms with Crippen LogP contribution in [-0.4, -0.2) is 40.0 Å². The molecule has 1 heterocycles. The van der Waals surface area contributed by atoms with E-state index in [-0.39, 0.29) is 1.43 Å². The van der Waals surface area contributed by atoms with Gasteiger partial charge in [0.15, 0.2) is 0 Å². The lowest BCUT2D eigenvalue weighted by Crippen LogP contribution is -2.30. The number of fused-ring (bicyclic) bond motifs is 1. The summed E-state index contributed by atoms with van der Waals surface area (Å²) in [5.74, 6) is -0.580. The van der Waals surface area contributed by atoms with Crippen molar-refractivity contribution in [2.75, 3.05) is 6.54 Å². The molecule has 1 atom stereocenters. The van der Waals surface area contributed by atoms with E-state index in [0.717, 1.165) is 23.9 Å². The molecule has 0 aliphatic heterocycles. The summed E-state index contributed by atoms with van der Waals surface area (Å²) >= 11 is 4.81. The molecule has 0 aliphatic rings. The second-order valence-electron chi connectivity index (χ2n) is 4.42. The van der Waals surface area contributed by atoms with Crippen molar-refractivity contribution in [3.05, 3.63) is 24.3 Å². The van der Waals surface area contributed by atoms with Crippen molar-refractivity contribution < 1.29 is 15.3 Å². The summed E-state index contributed by atoms with van der Waals surface area (Å²) < 4.78 is 5.12. The highest BCUT2D eigenvalue weighted by Crippen LogP contribution is 2.07. The van der Waals surface area contributed by atoms with E-state index < -0.39 is 12.0 Å². The van der Waals surface area contributed by atoms with E-state index in [1.54, 1.807) is 6.07 Å². The van der Waals surface area contributed by atoms with Gasteiger partial charge in [-0.1, -0.05) is 23.8 Å². The Bertz CT molecular complexity index is 610. The van der Waals surface area contributed by atoms with E-state index in [1.165, 1.54) is 4.68 Å². The fourth-order valence-electron chi connectivity index (χ4n) is 1.65. The summed E-state index contributed by atoms with van der Waals surface area (Å²) in [6.07, 6.45) is 2.89. The van der Waals surface area contributed by atoms with Crippen molar-refractivity contribution in [1.29, 1.82) is 0 Å². The molecule has 0 amide bonds. The minimum atomic E-state index is -0.612. The second-order valence-corrected chi connectivity index (χ2v) is 4.57. The van der Waals surface area contributed by atoms with Gasteiger partial charge in [-0.2, -0.15) is 4.68 Å². The maximum absolute atomic E-state index is 10.6. The number of hydrogen-bond donors (Lipinski definition) is 2. The number of carbonyl (C=O) groups excluding carboxylic acids is 2. The van der Waals surface area contributed by atoms with Gasteiger partial charge in [-0.15, -0.1) is 5.10 Å². The number of carbonyl (C=O) groups is 2. The number of unbranched alkanes of at least 4 members (excludes halogenated alkanes) is 1. The maximum atomic E-state index is 10.6. The second kappa shape index (κ2) is 9.82. The van der Waals surface area contributed by atoms with Gasteiger partial charge in [0.25, 0.3) is 0 Å². The Morgan fingerprint density at radius 2 is 2.18 bits per heavy atom. The van der Waals surface area contributed by atoms with Crippen LogP contribution in [0, 0.1) is 0 Å². The molecule has 0 aliphatic carbocycles. The van der Waals surface area contributed by atoms with Gasteiger partial charge in [-0.3, -0.25) is 4.79 Å². The quantitative estimate of drug-likeness (QED) is 0.591. The monoisotopic (exact) mass is 328 g/mol. The van der Waals surface area contributed by atoms with Crippen LogP contribution < -0.4 is 11.5 Å². The molecule has 0 radical (unpaired) electrons. The lowest BCUT2D eigenvalue weighted by molar-refractivity contribution is -0.135. The highest BCUT2D eigenvalue weighted by Gasteiger charge is 2.13. The number of aromatic nitrogens is 3. The summed E-state index contributed by atoms with van der Waals surface area (Å²) in [7, 11) is 0. The largest absolute Gasteiger partial charge is 1.00 e. The summed E-state index contributed by atoms with van der Waals surface area (Å²) in [6, 6.07) is 6.68. The Morgan fingerprint density at radius 1 is 1.45 bits per heavy atom. The molecule has 1 aromatic carbocycles. The van der Waals surface area contributed by atoms with Gasteiger partial charge in [0.1, 0.15) is 23.4 Å². The fourth-order valence-corrected chi connectivity index (χ4v) is 1.76. The van der Waals surface area contributed by atoms with Gasteiger partial charge in [0.2, 0.25) is 6.41 Å². The summed E-state index contributed by atoms with van der Waals surface area (Å²) in [6.45, 7) is 0.614. The van der Waals surface area contributed by atoms with Gasteiger partial charge in [0, 0.05) is 0 Å². The molecule has 4 N–H and O–H groups in total. The Morgan fingerprint density at radius 3 is 2.82 bits per heavy atom. The first kappa shape index (κ1) is 18.0. The number of nitrogens with two attached hydrogens (primary N) is 2. The van der Waals surface area contributed by atoms with Crippen LogP contribution in [0.4, 0.5) is 0 Å². The molecule has 0 saturated carbocycles. The average Bonchev–Trinajstić information content (AvgIpc) is 2.98. The van der Waals surface area contributed by atoms with Crippen molar-refractivity contribution in [3.63, 3.8) is 0 Å². The molecule has 1 unspecified atom stereocenters. The molecule has 122 valence electrons. The zero-order chi connectivity index (χ0) is 16.4. The van der Waals surface area contributed by atoms with E-state index >= 15 is 0 Å². The Labute approximate surface area is 134 Å². The lowest BCUT2D eigenvalue weighted by Gasteiger charge is -2.05. The van der Waals surface area contributed by atoms with Crippen molar-refractivity contribution in [2.24, 2.45) is 11.5 Å². The van der Waals surface area contributed by atoms with Crippen molar-refractivity contribution in [2.45, 2.75) is 25.3 Å². The minimum Gasteiger partial charge on any atom is -1.00 e. The van der Waals surface area contributed by atoms with E-state index in [9.17, 15) is 9.59 Å². The first-order valence-corrected chi connectivity index (χ1v) is 6.98. The topological polar surface area (TPSA) is 126 Å². The zero-order valence-corrected chi connectivity index (χ0v) is 12.6. The molecule has 2 rings (SSSR count). The van der Waals surface area contributed by atoms with Crippen LogP contribution in [0.5, 0.6) is 0 Å². The smallest absolute Gasteiger partial charge is 0.341 e. The first-order chi connectivity index (χ1) is 10.6. The third-order valence-corrected chi connectivity index (χ3v) is 2.98. The van der Waals surface area contributed by atoms with Gasteiger partial charge >= 0.3 is 5.97 Å². The number of rotatable bonds is 6. The molecule has 22 heavy (non-hydrogen) atoms. The van der Waals surface area contributed by atoms with Crippen LogP contribution >= 0.6 is 11.9 Å². The van der Waals surface area contributed by atoms with Gasteiger partial charge < -0.3 is 17.2 Å². The Balaban J connectivity index is 0.000000403. The first-order valence-electron chi connectivity index (χ1n) is 6.67. The molecule has 2 aromatic rings. The van der Waals surface area contributed by atoms with Crippen LogP contribution in [0.25, 0.3) is 11.0 Å². The predicted molar refractivity (Wildman–Crippen MR) is 83.6 cm³/mol. The third kappa shape index (κ3) is 5.40. The van der Waals surface area contributed by atoms with E-state index in [1.807, 2.05) is 18.2 Å². The SMILES string of the molecule is NCCCCC(N)C(=O)OCl.O=Cn1nnc2ccccc21.[H-]. The summed E-state index contributed by atoms with van der Waals surface area (Å²) in [5.41, 5.74) is 12.1. The molecular weight excluding hydrogens is 310 g/mol. The van der Waals surface area contributed by atoms with Crippen LogP contribution in [0.3, 0.4) is 0 Å². The van der Waals surface area contributed by atoms with E-state index in [0.29, 0.717) is 19.4 Å². The molecule has 8 nitrogen and oxygen atoms in total. The van der Waals surface area contributed by atoms with E-state index in [4.69, 9.17) is 23.3 Å². The van der Waals surface area contributed by atoms with Gasteiger partial charge in [0.05, 0.1) is 5.52 Å². The zero-order valence-electron chi connectivity index (χ0n) is 12.9. The third-order valence-electron chi connectivity index (χ3n) is 2.83. The highest BCUT2D eigenvalue weighted by molar-refractivity contribution is 6.13. The van der Waals surface area contributed by atoms with Crippen molar-refractivity contribution in [1.82, 2.24) is 15.0 Å². The Kier molecular flexibility index (Phi) is 8.05. The highest BCUT2D eigenvalue weighted by atomic mass is 35.5. The standard InChI is InChI=1S/C7H5N3O.C6H13ClN2O2.H/c11-5-10-7-4-2-1-3-6(7)8-9-10;7-11-6(10)5(9)3-1-2-4-8;/h1-5H;5H,1-4,8-9H2;/q;;-1. The van der Waals surface area contributed by atoms with Gasteiger partial charge in [-0.25, -0.2) is 4.79 Å². The molecule has 0 fully saturated rings. The summed E-state index contributed by atoms with van der Waals surface area (Å²) in [4.78, 5) is 20.9. The van der Waals surface area contributed by atoms with Crippen LogP contribution in [0.15, 0.2) is 24.3 Å². The van der Waals surface area contributed by atoms with E-state index in [2.05, 4.69) is 14.6 Å². The van der Waals surface area contributed by atoms with Crippen LogP contribution in [0.2, 0.25) is 0 Å². The van der Waals surface area contributed by atoms with Crippen molar-refractivity contribution in [3.8, 4) is 0 Å². The normalized spacial score (nSPS) is 11.4. The average molecular weight is 329 g/mol. The minimum absolute atomic E-state index is 0. The van der Waals surface area contributed by atoms with Crippen LogP contribution in [-0.2, 0) is 13.9 Å². The molecule has 0 saturated heterocycles. The lowest BCUT2D eigenvalue weighted by atomic mass is 10.1. The van der Waals surface area contributed by atoms with Crippen molar-refractivity contribution >= 4 is 35.3 Å². The Hall–Kier alpha value is -2.03. The molecule has 1 aromatic heterocycles. The number of para-hydroxylation sites is 1. The fraction of sp³-hybridized carbons (Fsp3) is 0.385. The van der Waals surface area contributed by atoms with Gasteiger partial charge in [-0.05, 0) is 31.5 Å². The molecule has 0 bridgehead atoms. The molecule has 0 spiro atoms. The maximum Gasteiger partial charge on any atom is 0.341 e. The number of halogens is 1. The molecular formula is C13H19ClN5O3-. The summed E-state index contributed by atoms with van der Waals surface area (Å²) in [5, 5.41) is 7.38. The number of nitrogens with zero attached hydrogens (tertiary/aromatic N) is 3. The molecule has 9 heteroatoms.